The van der Waals surface area contributed by atoms with E-state index in [1.165, 1.54) is 0 Å². The van der Waals surface area contributed by atoms with Gasteiger partial charge in [0.2, 0.25) is 12.2 Å². The molecule has 19 heavy (non-hydrogen) atoms. The molecule has 0 unspecified atom stereocenters. The zero-order valence-electron chi connectivity index (χ0n) is 11.2. The summed E-state index contributed by atoms with van der Waals surface area (Å²) in [6, 6.07) is 0. The van der Waals surface area contributed by atoms with Crippen molar-refractivity contribution >= 4 is 0 Å². The molecule has 0 radical (unpaired) electrons. The Hall–Kier alpha value is -1.80. The van der Waals surface area contributed by atoms with Crippen LogP contribution in [0, 0.1) is 6.92 Å². The number of nitrogens with zero attached hydrogens (tertiary/aromatic N) is 5. The van der Waals surface area contributed by atoms with Gasteiger partial charge in [0, 0.05) is 13.2 Å². The molecule has 8 nitrogen and oxygen atoms in total. The zero-order chi connectivity index (χ0) is 13.7. The standard InChI is InChI=1S/C11H17N5O3/c1-4-17-11(18-5-2)9-6-16(15-13-9)7-10-12-8(3)14-19-10/h6,11H,4-5,7H2,1-3H3. The first-order valence-electron chi connectivity index (χ1n) is 6.15. The molecule has 2 aromatic rings. The lowest BCUT2D eigenvalue weighted by atomic mass is 10.4. The predicted octanol–water partition coefficient (Wildman–Crippen LogP) is 1.09. The Morgan fingerprint density at radius 2 is 2.05 bits per heavy atom. The molecule has 2 heterocycles. The molecule has 0 N–H and O–H groups in total. The quantitative estimate of drug-likeness (QED) is 0.694. The maximum atomic E-state index is 5.45. The van der Waals surface area contributed by atoms with Crippen LogP contribution in [-0.2, 0) is 16.0 Å². The molecule has 2 rings (SSSR count). The molecule has 0 aliphatic rings. The molecule has 0 aliphatic carbocycles. The largest absolute Gasteiger partial charge is 0.347 e. The van der Waals surface area contributed by atoms with Crippen molar-refractivity contribution in [3.8, 4) is 0 Å². The minimum absolute atomic E-state index is 0.374. The highest BCUT2D eigenvalue weighted by molar-refractivity contribution is 4.96. The van der Waals surface area contributed by atoms with E-state index in [4.69, 9.17) is 14.0 Å². The Labute approximate surface area is 110 Å². The third-order valence-corrected chi connectivity index (χ3v) is 2.30. The van der Waals surface area contributed by atoms with Gasteiger partial charge in [0.15, 0.2) is 5.82 Å². The highest BCUT2D eigenvalue weighted by atomic mass is 16.7. The number of ether oxygens (including phenoxy) is 2. The second kappa shape index (κ2) is 6.39. The molecule has 0 spiro atoms. The lowest BCUT2D eigenvalue weighted by Crippen LogP contribution is -2.09. The van der Waals surface area contributed by atoms with E-state index in [9.17, 15) is 0 Å². The number of hydrogen-bond acceptors (Lipinski definition) is 7. The van der Waals surface area contributed by atoms with Gasteiger partial charge in [0.25, 0.3) is 0 Å². The average Bonchev–Trinajstić information content (AvgIpc) is 2.99. The molecular weight excluding hydrogens is 250 g/mol. The van der Waals surface area contributed by atoms with Gasteiger partial charge in [-0.2, -0.15) is 4.98 Å². The Morgan fingerprint density at radius 3 is 2.63 bits per heavy atom. The molecule has 0 amide bonds. The second-order valence-corrected chi connectivity index (χ2v) is 3.82. The normalized spacial score (nSPS) is 11.4. The fourth-order valence-electron chi connectivity index (χ4n) is 1.56. The van der Waals surface area contributed by atoms with Gasteiger partial charge in [0.05, 0.1) is 6.20 Å². The molecule has 0 bridgehead atoms. The van der Waals surface area contributed by atoms with E-state index in [0.29, 0.717) is 37.2 Å². The van der Waals surface area contributed by atoms with E-state index in [1.807, 2.05) is 13.8 Å². The van der Waals surface area contributed by atoms with Gasteiger partial charge in [-0.3, -0.25) is 0 Å². The van der Waals surface area contributed by atoms with E-state index < -0.39 is 6.29 Å². The summed E-state index contributed by atoms with van der Waals surface area (Å²) in [4.78, 5) is 4.10. The third kappa shape index (κ3) is 3.58. The summed E-state index contributed by atoms with van der Waals surface area (Å²) in [6.07, 6.45) is 1.25. The van der Waals surface area contributed by atoms with Crippen molar-refractivity contribution in [1.29, 1.82) is 0 Å². The number of hydrogen-bond donors (Lipinski definition) is 0. The molecular formula is C11H17N5O3. The fourth-order valence-corrected chi connectivity index (χ4v) is 1.56. The average molecular weight is 267 g/mol. The van der Waals surface area contributed by atoms with Crippen molar-refractivity contribution in [2.45, 2.75) is 33.6 Å². The maximum absolute atomic E-state index is 5.45. The van der Waals surface area contributed by atoms with Crippen LogP contribution < -0.4 is 0 Å². The van der Waals surface area contributed by atoms with Gasteiger partial charge in [-0.25, -0.2) is 4.68 Å². The van der Waals surface area contributed by atoms with Crippen LogP contribution in [-0.4, -0.2) is 38.3 Å². The summed E-state index contributed by atoms with van der Waals surface area (Å²) < 4.78 is 17.5. The van der Waals surface area contributed by atoms with Crippen LogP contribution in [0.4, 0.5) is 0 Å². The molecule has 104 valence electrons. The van der Waals surface area contributed by atoms with E-state index in [2.05, 4.69) is 20.5 Å². The highest BCUT2D eigenvalue weighted by Gasteiger charge is 2.16. The molecule has 0 aromatic carbocycles. The lowest BCUT2D eigenvalue weighted by molar-refractivity contribution is -0.142. The van der Waals surface area contributed by atoms with Crippen LogP contribution in [0.1, 0.15) is 37.5 Å². The van der Waals surface area contributed by atoms with Crippen molar-refractivity contribution in [3.05, 3.63) is 23.6 Å². The van der Waals surface area contributed by atoms with E-state index >= 15 is 0 Å². The van der Waals surface area contributed by atoms with Crippen molar-refractivity contribution in [2.24, 2.45) is 0 Å². The van der Waals surface area contributed by atoms with Crippen LogP contribution in [0.2, 0.25) is 0 Å². The Kier molecular flexibility index (Phi) is 4.58. The minimum atomic E-state index is -0.492. The van der Waals surface area contributed by atoms with Gasteiger partial charge in [0.1, 0.15) is 12.2 Å². The lowest BCUT2D eigenvalue weighted by Gasteiger charge is -2.13. The fraction of sp³-hybridized carbons (Fsp3) is 0.636. The zero-order valence-corrected chi connectivity index (χ0v) is 11.2. The molecule has 2 aromatic heterocycles. The Bertz CT molecular complexity index is 504. The SMILES string of the molecule is CCOC(OCC)c1cn(Cc2nc(C)no2)nn1. The van der Waals surface area contributed by atoms with E-state index in [0.717, 1.165) is 0 Å². The van der Waals surface area contributed by atoms with Crippen LogP contribution in [0.5, 0.6) is 0 Å². The molecule has 0 saturated carbocycles. The topological polar surface area (TPSA) is 88.1 Å². The van der Waals surface area contributed by atoms with Gasteiger partial charge >= 0.3 is 0 Å². The summed E-state index contributed by atoms with van der Waals surface area (Å²) >= 11 is 0. The predicted molar refractivity (Wildman–Crippen MR) is 64.2 cm³/mol. The first-order valence-corrected chi connectivity index (χ1v) is 6.15. The molecule has 0 saturated heterocycles. The van der Waals surface area contributed by atoms with Gasteiger partial charge < -0.3 is 14.0 Å². The monoisotopic (exact) mass is 267 g/mol. The third-order valence-electron chi connectivity index (χ3n) is 2.30. The number of aryl methyl sites for hydroxylation is 1. The van der Waals surface area contributed by atoms with Crippen LogP contribution in [0.15, 0.2) is 10.7 Å². The van der Waals surface area contributed by atoms with Gasteiger partial charge in [-0.05, 0) is 20.8 Å². The molecule has 0 fully saturated rings. The highest BCUT2D eigenvalue weighted by Crippen LogP contribution is 2.16. The van der Waals surface area contributed by atoms with Crippen LogP contribution >= 0.6 is 0 Å². The summed E-state index contributed by atoms with van der Waals surface area (Å²) in [5, 5.41) is 11.7. The Morgan fingerprint density at radius 1 is 1.32 bits per heavy atom. The first-order chi connectivity index (χ1) is 9.22. The van der Waals surface area contributed by atoms with E-state index in [-0.39, 0.29) is 0 Å². The van der Waals surface area contributed by atoms with Gasteiger partial charge in [-0.1, -0.05) is 10.4 Å². The van der Waals surface area contributed by atoms with Crippen molar-refractivity contribution < 1.29 is 14.0 Å². The van der Waals surface area contributed by atoms with Crippen molar-refractivity contribution in [1.82, 2.24) is 25.1 Å². The summed E-state index contributed by atoms with van der Waals surface area (Å²) in [6.45, 7) is 7.02. The molecule has 8 heteroatoms. The second-order valence-electron chi connectivity index (χ2n) is 3.82. The summed E-state index contributed by atoms with van der Waals surface area (Å²) in [5.41, 5.74) is 0.625. The van der Waals surface area contributed by atoms with Crippen molar-refractivity contribution in [2.75, 3.05) is 13.2 Å². The number of aromatic nitrogens is 5. The molecule has 0 aliphatic heterocycles. The summed E-state index contributed by atoms with van der Waals surface area (Å²) in [5.74, 6) is 1.08. The minimum Gasteiger partial charge on any atom is -0.347 e. The smallest absolute Gasteiger partial charge is 0.248 e. The van der Waals surface area contributed by atoms with Crippen molar-refractivity contribution in [3.63, 3.8) is 0 Å². The van der Waals surface area contributed by atoms with Gasteiger partial charge in [-0.15, -0.1) is 5.10 Å². The Balaban J connectivity index is 2.04. The first kappa shape index (κ1) is 13.6. The number of rotatable bonds is 7. The molecule has 0 atom stereocenters. The van der Waals surface area contributed by atoms with E-state index in [1.54, 1.807) is 17.8 Å². The maximum Gasteiger partial charge on any atom is 0.248 e. The van der Waals surface area contributed by atoms with Crippen LogP contribution in [0.3, 0.4) is 0 Å². The van der Waals surface area contributed by atoms with Crippen LogP contribution in [0.25, 0.3) is 0 Å². The summed E-state index contributed by atoms with van der Waals surface area (Å²) in [7, 11) is 0.